The molecule has 1 unspecified atom stereocenters. The van der Waals surface area contributed by atoms with E-state index in [0.29, 0.717) is 24.3 Å². The first-order valence-corrected chi connectivity index (χ1v) is 8.54. The fraction of sp³-hybridized carbons (Fsp3) is 0.389. The lowest BCUT2D eigenvalue weighted by Gasteiger charge is -2.35. The zero-order valence-corrected chi connectivity index (χ0v) is 16.5. The summed E-state index contributed by atoms with van der Waals surface area (Å²) in [4.78, 5) is 32.7. The number of nitrogens with one attached hydrogen (secondary N) is 2. The molecule has 3 rings (SSSR count). The number of amides is 3. The van der Waals surface area contributed by atoms with Crippen LogP contribution in [0.25, 0.3) is 0 Å². The first-order chi connectivity index (χ1) is 12.5. The van der Waals surface area contributed by atoms with E-state index in [-0.39, 0.29) is 30.4 Å². The molecule has 0 aliphatic carbocycles. The van der Waals surface area contributed by atoms with Crippen LogP contribution in [0.5, 0.6) is 0 Å². The maximum absolute atomic E-state index is 13.1. The van der Waals surface area contributed by atoms with Gasteiger partial charge >= 0.3 is 6.03 Å². The van der Waals surface area contributed by atoms with Crippen LogP contribution < -0.4 is 10.6 Å². The SMILES string of the molecule is CN(C)C(=O)Nc1cccc(C(=O)N2CCNCC2c2nccn2C)c1.Cl. The second-order valence-corrected chi connectivity index (χ2v) is 6.52. The molecule has 1 aliphatic heterocycles. The minimum atomic E-state index is -0.234. The predicted molar refractivity (Wildman–Crippen MR) is 106 cm³/mol. The van der Waals surface area contributed by atoms with Gasteiger partial charge in [0.1, 0.15) is 11.9 Å². The maximum atomic E-state index is 13.1. The fourth-order valence-corrected chi connectivity index (χ4v) is 3.01. The van der Waals surface area contributed by atoms with E-state index in [0.717, 1.165) is 12.4 Å². The van der Waals surface area contributed by atoms with Gasteiger partial charge in [0.05, 0.1) is 0 Å². The van der Waals surface area contributed by atoms with Crippen molar-refractivity contribution in [1.29, 1.82) is 0 Å². The lowest BCUT2D eigenvalue weighted by Crippen LogP contribution is -2.49. The average Bonchev–Trinajstić information content (AvgIpc) is 3.07. The van der Waals surface area contributed by atoms with Crippen molar-refractivity contribution in [3.63, 3.8) is 0 Å². The number of nitrogens with zero attached hydrogens (tertiary/aromatic N) is 4. The number of anilines is 1. The van der Waals surface area contributed by atoms with Crippen molar-refractivity contribution in [3.05, 3.63) is 48.0 Å². The molecule has 1 aliphatic rings. The van der Waals surface area contributed by atoms with Gasteiger partial charge in [-0.15, -0.1) is 12.4 Å². The highest BCUT2D eigenvalue weighted by atomic mass is 35.5. The number of benzene rings is 1. The molecular weight excluding hydrogens is 368 g/mol. The van der Waals surface area contributed by atoms with Gasteiger partial charge in [-0.05, 0) is 18.2 Å². The molecule has 2 N–H and O–H groups in total. The molecule has 8 nitrogen and oxygen atoms in total. The molecule has 27 heavy (non-hydrogen) atoms. The summed E-state index contributed by atoms with van der Waals surface area (Å²) in [6.45, 7) is 2.00. The molecule has 1 aromatic heterocycles. The molecule has 1 saturated heterocycles. The number of aryl methyl sites for hydroxylation is 1. The molecule has 0 bridgehead atoms. The third kappa shape index (κ3) is 4.58. The number of hydrogen-bond acceptors (Lipinski definition) is 4. The van der Waals surface area contributed by atoms with Crippen molar-refractivity contribution in [2.24, 2.45) is 7.05 Å². The van der Waals surface area contributed by atoms with Crippen molar-refractivity contribution in [1.82, 2.24) is 24.7 Å². The first kappa shape index (κ1) is 20.7. The van der Waals surface area contributed by atoms with Gasteiger partial charge in [-0.2, -0.15) is 0 Å². The van der Waals surface area contributed by atoms with E-state index in [9.17, 15) is 9.59 Å². The number of urea groups is 1. The average molecular weight is 393 g/mol. The molecule has 1 aromatic carbocycles. The Balaban J connectivity index is 0.00000261. The number of halogens is 1. The second-order valence-electron chi connectivity index (χ2n) is 6.52. The number of hydrogen-bond donors (Lipinski definition) is 2. The minimum absolute atomic E-state index is 0. The van der Waals surface area contributed by atoms with Gasteiger partial charge < -0.3 is 25.0 Å². The lowest BCUT2D eigenvalue weighted by molar-refractivity contribution is 0.0621. The van der Waals surface area contributed by atoms with Crippen LogP contribution >= 0.6 is 12.4 Å². The Morgan fingerprint density at radius 3 is 2.78 bits per heavy atom. The van der Waals surface area contributed by atoms with Gasteiger partial charge in [0, 0.05) is 64.4 Å². The summed E-state index contributed by atoms with van der Waals surface area (Å²) in [5.74, 6) is 0.781. The lowest BCUT2D eigenvalue weighted by atomic mass is 10.1. The number of imidazole rings is 1. The van der Waals surface area contributed by atoms with E-state index < -0.39 is 0 Å². The summed E-state index contributed by atoms with van der Waals surface area (Å²) in [6.07, 6.45) is 3.62. The van der Waals surface area contributed by atoms with E-state index in [1.54, 1.807) is 44.6 Å². The van der Waals surface area contributed by atoms with Crippen molar-refractivity contribution in [2.75, 3.05) is 39.0 Å². The molecule has 3 amide bonds. The number of carbonyl (C=O) groups is 2. The predicted octanol–water partition coefficient (Wildman–Crippen LogP) is 1.72. The fourth-order valence-electron chi connectivity index (χ4n) is 3.01. The Kier molecular flexibility index (Phi) is 6.81. The molecular formula is C18H25ClN6O2. The highest BCUT2D eigenvalue weighted by molar-refractivity contribution is 5.97. The molecule has 0 saturated carbocycles. The Morgan fingerprint density at radius 1 is 1.33 bits per heavy atom. The molecule has 1 fully saturated rings. The zero-order chi connectivity index (χ0) is 18.7. The van der Waals surface area contributed by atoms with Crippen LogP contribution in [0.1, 0.15) is 22.2 Å². The van der Waals surface area contributed by atoms with E-state index in [2.05, 4.69) is 15.6 Å². The van der Waals surface area contributed by atoms with Crippen molar-refractivity contribution >= 4 is 30.0 Å². The molecule has 1 atom stereocenters. The highest BCUT2D eigenvalue weighted by Crippen LogP contribution is 2.23. The van der Waals surface area contributed by atoms with Crippen LogP contribution in [0.2, 0.25) is 0 Å². The summed E-state index contributed by atoms with van der Waals surface area (Å²) in [5, 5.41) is 6.10. The molecule has 2 heterocycles. The smallest absolute Gasteiger partial charge is 0.321 e. The van der Waals surface area contributed by atoms with E-state index in [1.165, 1.54) is 4.90 Å². The number of rotatable bonds is 3. The van der Waals surface area contributed by atoms with Crippen molar-refractivity contribution in [2.45, 2.75) is 6.04 Å². The van der Waals surface area contributed by atoms with Gasteiger partial charge in [0.15, 0.2) is 0 Å². The Hall–Kier alpha value is -2.58. The topological polar surface area (TPSA) is 82.5 Å². The van der Waals surface area contributed by atoms with Gasteiger partial charge in [0.2, 0.25) is 0 Å². The van der Waals surface area contributed by atoms with Crippen LogP contribution in [0.15, 0.2) is 36.7 Å². The number of piperazine rings is 1. The van der Waals surface area contributed by atoms with E-state index in [1.807, 2.05) is 22.7 Å². The molecule has 0 spiro atoms. The standard InChI is InChI=1S/C18H24N6O2.ClH/c1-22(2)18(26)21-14-6-4-5-13(11-14)17(25)24-10-7-19-12-15(24)16-20-8-9-23(16)3;/h4-6,8-9,11,15,19H,7,10,12H2,1-3H3,(H,21,26);1H. The summed E-state index contributed by atoms with van der Waals surface area (Å²) in [7, 11) is 5.27. The van der Waals surface area contributed by atoms with Crippen LogP contribution in [-0.2, 0) is 7.05 Å². The Labute approximate surface area is 165 Å². The largest absolute Gasteiger partial charge is 0.336 e. The molecule has 2 aromatic rings. The Morgan fingerprint density at radius 2 is 2.11 bits per heavy atom. The van der Waals surface area contributed by atoms with Gasteiger partial charge in [-0.25, -0.2) is 9.78 Å². The quantitative estimate of drug-likeness (QED) is 0.833. The highest BCUT2D eigenvalue weighted by Gasteiger charge is 2.31. The zero-order valence-electron chi connectivity index (χ0n) is 15.7. The van der Waals surface area contributed by atoms with Crippen LogP contribution in [0.3, 0.4) is 0 Å². The molecule has 9 heteroatoms. The third-order valence-electron chi connectivity index (χ3n) is 4.43. The van der Waals surface area contributed by atoms with Crippen LogP contribution in [0.4, 0.5) is 10.5 Å². The molecule has 0 radical (unpaired) electrons. The van der Waals surface area contributed by atoms with Gasteiger partial charge in [-0.3, -0.25) is 4.79 Å². The van der Waals surface area contributed by atoms with E-state index >= 15 is 0 Å². The number of carbonyl (C=O) groups excluding carboxylic acids is 2. The van der Waals surface area contributed by atoms with Crippen LogP contribution in [-0.4, -0.2) is 65.0 Å². The van der Waals surface area contributed by atoms with Crippen molar-refractivity contribution in [3.8, 4) is 0 Å². The van der Waals surface area contributed by atoms with Crippen LogP contribution in [0, 0.1) is 0 Å². The van der Waals surface area contributed by atoms with Crippen molar-refractivity contribution < 1.29 is 9.59 Å². The maximum Gasteiger partial charge on any atom is 0.321 e. The van der Waals surface area contributed by atoms with Gasteiger partial charge in [0.25, 0.3) is 5.91 Å². The molecule has 146 valence electrons. The van der Waals surface area contributed by atoms with Gasteiger partial charge in [-0.1, -0.05) is 6.07 Å². The minimum Gasteiger partial charge on any atom is -0.336 e. The summed E-state index contributed by atoms with van der Waals surface area (Å²) in [6, 6.07) is 6.66. The monoisotopic (exact) mass is 392 g/mol. The Bertz CT molecular complexity index is 807. The number of aromatic nitrogens is 2. The summed E-state index contributed by atoms with van der Waals surface area (Å²) in [5.41, 5.74) is 1.14. The third-order valence-corrected chi connectivity index (χ3v) is 4.43. The normalized spacial score (nSPS) is 16.4. The first-order valence-electron chi connectivity index (χ1n) is 8.54. The summed E-state index contributed by atoms with van der Waals surface area (Å²) < 4.78 is 1.94. The second kappa shape index (κ2) is 8.88. The van der Waals surface area contributed by atoms with E-state index in [4.69, 9.17) is 0 Å². The summed E-state index contributed by atoms with van der Waals surface area (Å²) >= 11 is 0.